The van der Waals surface area contributed by atoms with Crippen LogP contribution < -0.4 is 10.1 Å². The molecule has 2 N–H and O–H groups in total. The second-order valence-electron chi connectivity index (χ2n) is 4.84. The first-order chi connectivity index (χ1) is 10.3. The van der Waals surface area contributed by atoms with E-state index in [0.29, 0.717) is 5.78 Å². The van der Waals surface area contributed by atoms with E-state index >= 15 is 0 Å². The molecule has 2 aromatic heterocycles. The molecule has 0 aliphatic heterocycles. The summed E-state index contributed by atoms with van der Waals surface area (Å²) < 4.78 is 7.16. The maximum atomic E-state index is 5.29. The van der Waals surface area contributed by atoms with Crippen LogP contribution in [0.5, 0.6) is 5.75 Å². The van der Waals surface area contributed by atoms with E-state index in [1.165, 1.54) is 0 Å². The van der Waals surface area contributed by atoms with Crippen LogP contribution >= 0.6 is 0 Å². The number of aromatic nitrogens is 4. The molecule has 1 aromatic carbocycles. The van der Waals surface area contributed by atoms with E-state index in [1.54, 1.807) is 13.4 Å². The molecule has 3 aromatic rings. The molecule has 0 aliphatic carbocycles. The Bertz CT molecular complexity index is 731. The number of unbranched alkanes of at least 4 members (excludes halogenated alkanes) is 1. The second kappa shape index (κ2) is 5.87. The fourth-order valence-electron chi connectivity index (χ4n) is 2.28. The summed E-state index contributed by atoms with van der Waals surface area (Å²) in [6, 6.07) is 7.89. The zero-order valence-electron chi connectivity index (χ0n) is 12.3. The first-order valence-corrected chi connectivity index (χ1v) is 7.13. The molecule has 0 amide bonds. The monoisotopic (exact) mass is 285 g/mol. The summed E-state index contributed by atoms with van der Waals surface area (Å²) in [5.41, 5.74) is 1.89. The molecular formula is C15H19N5O. The SMILES string of the molecule is CCCCNc1c(-c2cccc(OC)c2)nc2nc[nH]n12. The average Bonchev–Trinajstić information content (AvgIpc) is 3.09. The number of nitrogens with zero attached hydrogens (tertiary/aromatic N) is 3. The zero-order chi connectivity index (χ0) is 14.7. The van der Waals surface area contributed by atoms with E-state index < -0.39 is 0 Å². The number of imidazole rings is 1. The van der Waals surface area contributed by atoms with Gasteiger partial charge in [0.2, 0.25) is 0 Å². The van der Waals surface area contributed by atoms with E-state index in [9.17, 15) is 0 Å². The molecule has 0 unspecified atom stereocenters. The van der Waals surface area contributed by atoms with Crippen LogP contribution in [0.25, 0.3) is 17.0 Å². The van der Waals surface area contributed by atoms with Gasteiger partial charge in [0.1, 0.15) is 17.8 Å². The molecule has 0 saturated carbocycles. The van der Waals surface area contributed by atoms with Crippen molar-refractivity contribution < 1.29 is 4.74 Å². The fourth-order valence-corrected chi connectivity index (χ4v) is 2.28. The number of aromatic amines is 1. The molecule has 0 aliphatic rings. The van der Waals surface area contributed by atoms with E-state index in [4.69, 9.17) is 4.74 Å². The highest BCUT2D eigenvalue weighted by molar-refractivity contribution is 5.76. The van der Waals surface area contributed by atoms with Gasteiger partial charge in [-0.2, -0.15) is 0 Å². The standard InChI is InChI=1S/C15H19N5O/c1-3-4-8-16-14-13(19-15-17-10-18-20(14)15)11-6-5-7-12(9-11)21-2/h5-7,9-10,16H,3-4,8H2,1-2H3,(H,17,18,19). The Hall–Kier alpha value is -2.50. The summed E-state index contributed by atoms with van der Waals surface area (Å²) in [4.78, 5) is 8.82. The topological polar surface area (TPSA) is 67.2 Å². The highest BCUT2D eigenvalue weighted by Gasteiger charge is 2.15. The molecule has 0 saturated heterocycles. The molecule has 6 nitrogen and oxygen atoms in total. The number of methoxy groups -OCH3 is 1. The largest absolute Gasteiger partial charge is 0.497 e. The molecule has 21 heavy (non-hydrogen) atoms. The van der Waals surface area contributed by atoms with E-state index in [2.05, 4.69) is 27.3 Å². The Kier molecular flexibility index (Phi) is 3.77. The number of anilines is 1. The summed E-state index contributed by atoms with van der Waals surface area (Å²) in [6.45, 7) is 3.08. The van der Waals surface area contributed by atoms with Gasteiger partial charge in [-0.05, 0) is 18.6 Å². The minimum Gasteiger partial charge on any atom is -0.497 e. The minimum atomic E-state index is 0.659. The molecule has 3 rings (SSSR count). The summed E-state index contributed by atoms with van der Waals surface area (Å²) in [7, 11) is 1.67. The Morgan fingerprint density at radius 3 is 3.10 bits per heavy atom. The highest BCUT2D eigenvalue weighted by Crippen LogP contribution is 2.29. The molecule has 0 bridgehead atoms. The maximum absolute atomic E-state index is 5.29. The van der Waals surface area contributed by atoms with Crippen LogP contribution in [0.2, 0.25) is 0 Å². The van der Waals surface area contributed by atoms with Gasteiger partial charge in [-0.3, -0.25) is 5.10 Å². The van der Waals surface area contributed by atoms with E-state index in [1.807, 2.05) is 28.8 Å². The summed E-state index contributed by atoms with van der Waals surface area (Å²) in [6.07, 6.45) is 3.90. The van der Waals surface area contributed by atoms with Crippen LogP contribution in [0.15, 0.2) is 30.6 Å². The number of nitrogens with one attached hydrogen (secondary N) is 2. The van der Waals surface area contributed by atoms with E-state index in [-0.39, 0.29) is 0 Å². The third-order valence-corrected chi connectivity index (χ3v) is 3.39. The first-order valence-electron chi connectivity index (χ1n) is 7.13. The highest BCUT2D eigenvalue weighted by atomic mass is 16.5. The van der Waals surface area contributed by atoms with Crippen molar-refractivity contribution in [3.05, 3.63) is 30.6 Å². The Morgan fingerprint density at radius 2 is 2.29 bits per heavy atom. The second-order valence-corrected chi connectivity index (χ2v) is 4.84. The third kappa shape index (κ3) is 2.56. The number of benzene rings is 1. The van der Waals surface area contributed by atoms with Crippen LogP contribution in [-0.2, 0) is 0 Å². The number of rotatable bonds is 6. The van der Waals surface area contributed by atoms with E-state index in [0.717, 1.165) is 42.2 Å². The van der Waals surface area contributed by atoms with Gasteiger partial charge >= 0.3 is 0 Å². The Balaban J connectivity index is 2.03. The van der Waals surface area contributed by atoms with Gasteiger partial charge in [-0.15, -0.1) is 0 Å². The van der Waals surface area contributed by atoms with Crippen LogP contribution in [0.4, 0.5) is 5.82 Å². The van der Waals surface area contributed by atoms with Crippen molar-refractivity contribution in [2.45, 2.75) is 19.8 Å². The Morgan fingerprint density at radius 1 is 1.38 bits per heavy atom. The van der Waals surface area contributed by atoms with Crippen molar-refractivity contribution in [1.82, 2.24) is 19.6 Å². The maximum Gasteiger partial charge on any atom is 0.252 e. The molecular weight excluding hydrogens is 266 g/mol. The average molecular weight is 285 g/mol. The van der Waals surface area contributed by atoms with Crippen LogP contribution in [-0.4, -0.2) is 33.2 Å². The number of fused-ring (bicyclic) bond motifs is 1. The van der Waals surface area contributed by atoms with Gasteiger partial charge in [0.15, 0.2) is 5.82 Å². The van der Waals surface area contributed by atoms with Crippen molar-refractivity contribution in [3.63, 3.8) is 0 Å². The van der Waals surface area contributed by atoms with Gasteiger partial charge in [-0.1, -0.05) is 25.5 Å². The van der Waals surface area contributed by atoms with Crippen LogP contribution in [0, 0.1) is 0 Å². The van der Waals surface area contributed by atoms with Gasteiger partial charge in [0.25, 0.3) is 5.78 Å². The molecule has 0 radical (unpaired) electrons. The lowest BCUT2D eigenvalue weighted by molar-refractivity contribution is 0.415. The summed E-state index contributed by atoms with van der Waals surface area (Å²) >= 11 is 0. The Labute approximate surface area is 123 Å². The first kappa shape index (κ1) is 13.5. The predicted molar refractivity (Wildman–Crippen MR) is 82.7 cm³/mol. The quantitative estimate of drug-likeness (QED) is 0.683. The minimum absolute atomic E-state index is 0.659. The van der Waals surface area contributed by atoms with Crippen molar-refractivity contribution in [2.75, 3.05) is 19.0 Å². The molecule has 0 atom stereocenters. The molecule has 0 fully saturated rings. The molecule has 2 heterocycles. The number of hydrogen-bond donors (Lipinski definition) is 2. The van der Waals surface area contributed by atoms with Gasteiger partial charge in [0.05, 0.1) is 7.11 Å². The summed E-state index contributed by atoms with van der Waals surface area (Å²) in [5.74, 6) is 2.41. The van der Waals surface area contributed by atoms with Crippen LogP contribution in [0.1, 0.15) is 19.8 Å². The lowest BCUT2D eigenvalue weighted by Gasteiger charge is -2.08. The summed E-state index contributed by atoms with van der Waals surface area (Å²) in [5, 5.41) is 6.53. The van der Waals surface area contributed by atoms with Gasteiger partial charge < -0.3 is 10.1 Å². The smallest absolute Gasteiger partial charge is 0.252 e. The lowest BCUT2D eigenvalue weighted by atomic mass is 10.1. The predicted octanol–water partition coefficient (Wildman–Crippen LogP) is 2.95. The molecule has 0 spiro atoms. The van der Waals surface area contributed by atoms with Crippen LogP contribution in [0.3, 0.4) is 0 Å². The third-order valence-electron chi connectivity index (χ3n) is 3.39. The van der Waals surface area contributed by atoms with Crippen molar-refractivity contribution >= 4 is 11.6 Å². The van der Waals surface area contributed by atoms with Gasteiger partial charge in [-0.25, -0.2) is 14.5 Å². The lowest BCUT2D eigenvalue weighted by Crippen LogP contribution is -2.05. The number of hydrogen-bond acceptors (Lipinski definition) is 4. The molecule has 110 valence electrons. The van der Waals surface area contributed by atoms with Crippen molar-refractivity contribution in [2.24, 2.45) is 0 Å². The molecule has 6 heteroatoms. The van der Waals surface area contributed by atoms with Crippen molar-refractivity contribution in [3.8, 4) is 17.0 Å². The van der Waals surface area contributed by atoms with Crippen molar-refractivity contribution in [1.29, 1.82) is 0 Å². The normalized spacial score (nSPS) is 11.0. The van der Waals surface area contributed by atoms with Gasteiger partial charge in [0, 0.05) is 12.1 Å². The fraction of sp³-hybridized carbons (Fsp3) is 0.333. The number of ether oxygens (including phenoxy) is 1. The number of H-pyrrole nitrogens is 1. The zero-order valence-corrected chi connectivity index (χ0v) is 12.3.